The minimum absolute atomic E-state index is 0.560. The number of rotatable bonds is 14. The number of piperidine rings is 2. The largest absolute Gasteiger partial charge is 0.616 e. The fourth-order valence-electron chi connectivity index (χ4n) is 4.37. The summed E-state index contributed by atoms with van der Waals surface area (Å²) in [4.78, 5) is 5.26. The van der Waals surface area contributed by atoms with Crippen molar-refractivity contribution in [3.63, 3.8) is 0 Å². The van der Waals surface area contributed by atoms with Crippen LogP contribution in [0.4, 0.5) is 0 Å². The number of unbranched alkanes of at least 4 members (excludes halogenated alkanes) is 6. The van der Waals surface area contributed by atoms with E-state index < -0.39 is 11.2 Å². The van der Waals surface area contributed by atoms with Crippen molar-refractivity contribution < 1.29 is 4.55 Å². The highest BCUT2D eigenvalue weighted by atomic mass is 32.2. The second kappa shape index (κ2) is 15.2. The number of hydrogen-bond acceptors (Lipinski definition) is 3. The second-order valence-electron chi connectivity index (χ2n) is 8.48. The molecule has 0 spiro atoms. The molecule has 2 rings (SSSR count). The molecule has 0 aliphatic carbocycles. The van der Waals surface area contributed by atoms with E-state index in [-0.39, 0.29) is 0 Å². The van der Waals surface area contributed by atoms with Gasteiger partial charge < -0.3 is 14.4 Å². The summed E-state index contributed by atoms with van der Waals surface area (Å²) in [5.74, 6) is 1.88. The Morgan fingerprint density at radius 2 is 0.885 bits per heavy atom. The van der Waals surface area contributed by atoms with Gasteiger partial charge in [-0.05, 0) is 103 Å². The molecule has 2 heterocycles. The highest BCUT2D eigenvalue weighted by Crippen LogP contribution is 2.12. The smallest absolute Gasteiger partial charge is 0.105 e. The van der Waals surface area contributed by atoms with Crippen molar-refractivity contribution >= 4 is 11.2 Å². The van der Waals surface area contributed by atoms with E-state index in [1.807, 2.05) is 0 Å². The molecule has 0 bridgehead atoms. The third-order valence-corrected chi connectivity index (χ3v) is 7.58. The molecule has 0 saturated carbocycles. The van der Waals surface area contributed by atoms with Crippen LogP contribution in [-0.4, -0.2) is 65.1 Å². The van der Waals surface area contributed by atoms with E-state index in [1.165, 1.54) is 129 Å². The van der Waals surface area contributed by atoms with Crippen LogP contribution in [0.15, 0.2) is 0 Å². The molecule has 0 radical (unpaired) electrons. The van der Waals surface area contributed by atoms with Gasteiger partial charge in [0.2, 0.25) is 0 Å². The van der Waals surface area contributed by atoms with Gasteiger partial charge in [-0.15, -0.1) is 0 Å². The van der Waals surface area contributed by atoms with Gasteiger partial charge in [0.15, 0.2) is 0 Å². The third-order valence-electron chi connectivity index (χ3n) is 6.09. The van der Waals surface area contributed by atoms with E-state index in [2.05, 4.69) is 9.80 Å². The molecular weight excluding hydrogens is 340 g/mol. The maximum Gasteiger partial charge on any atom is 0.105 e. The van der Waals surface area contributed by atoms with E-state index >= 15 is 0 Å². The molecule has 0 unspecified atom stereocenters. The van der Waals surface area contributed by atoms with Gasteiger partial charge in [-0.2, -0.15) is 0 Å². The minimum Gasteiger partial charge on any atom is -0.616 e. The maximum absolute atomic E-state index is 12.1. The zero-order valence-corrected chi connectivity index (χ0v) is 18.1. The van der Waals surface area contributed by atoms with Crippen molar-refractivity contribution in [2.24, 2.45) is 0 Å². The molecule has 0 N–H and O–H groups in total. The lowest BCUT2D eigenvalue weighted by atomic mass is 10.1. The minimum atomic E-state index is -0.560. The summed E-state index contributed by atoms with van der Waals surface area (Å²) in [7, 11) is 0. The lowest BCUT2D eigenvalue weighted by molar-refractivity contribution is 0.224. The number of hydrogen-bond donors (Lipinski definition) is 0. The first-order valence-corrected chi connectivity index (χ1v) is 13.1. The first-order valence-electron chi connectivity index (χ1n) is 11.6. The van der Waals surface area contributed by atoms with E-state index in [1.54, 1.807) is 0 Å². The zero-order valence-electron chi connectivity index (χ0n) is 17.3. The van der Waals surface area contributed by atoms with E-state index in [9.17, 15) is 4.55 Å². The Balaban J connectivity index is 1.30. The molecule has 0 aromatic rings. The summed E-state index contributed by atoms with van der Waals surface area (Å²) >= 11 is -0.560. The molecule has 0 atom stereocenters. The van der Waals surface area contributed by atoms with Crippen LogP contribution >= 0.6 is 0 Å². The van der Waals surface area contributed by atoms with Crippen molar-refractivity contribution in [1.82, 2.24) is 9.80 Å². The summed E-state index contributed by atoms with van der Waals surface area (Å²) in [6.07, 6.45) is 18.7. The fraction of sp³-hybridized carbons (Fsp3) is 1.00. The molecule has 0 aromatic carbocycles. The van der Waals surface area contributed by atoms with Crippen LogP contribution in [0.25, 0.3) is 0 Å². The molecule has 154 valence electrons. The predicted molar refractivity (Wildman–Crippen MR) is 115 cm³/mol. The summed E-state index contributed by atoms with van der Waals surface area (Å²) in [5.41, 5.74) is 0. The lowest BCUT2D eigenvalue weighted by Gasteiger charge is -2.26. The van der Waals surface area contributed by atoms with E-state index in [0.717, 1.165) is 11.5 Å². The molecule has 2 aliphatic heterocycles. The standard InChI is InChI=1S/C22H44N2OS/c25-26(21-13-3-1-7-15-23-17-9-5-10-18-23)22-14-4-2-8-16-24-19-11-6-12-20-24/h1-22H2. The van der Waals surface area contributed by atoms with Gasteiger partial charge >= 0.3 is 0 Å². The Morgan fingerprint density at radius 3 is 1.31 bits per heavy atom. The fourth-order valence-corrected chi connectivity index (χ4v) is 5.63. The van der Waals surface area contributed by atoms with Crippen LogP contribution < -0.4 is 0 Å². The lowest BCUT2D eigenvalue weighted by Crippen LogP contribution is -2.30. The van der Waals surface area contributed by atoms with Crippen LogP contribution in [0.3, 0.4) is 0 Å². The van der Waals surface area contributed by atoms with Crippen molar-refractivity contribution in [3.05, 3.63) is 0 Å². The summed E-state index contributed by atoms with van der Waals surface area (Å²) in [6, 6.07) is 0. The monoisotopic (exact) mass is 384 g/mol. The second-order valence-corrected chi connectivity index (χ2v) is 10.2. The molecule has 0 amide bonds. The van der Waals surface area contributed by atoms with E-state index in [4.69, 9.17) is 0 Å². The van der Waals surface area contributed by atoms with Crippen molar-refractivity contribution in [2.75, 3.05) is 50.8 Å². The zero-order chi connectivity index (χ0) is 18.3. The van der Waals surface area contributed by atoms with Crippen LogP contribution in [0.2, 0.25) is 0 Å². The molecule has 26 heavy (non-hydrogen) atoms. The molecule has 3 nitrogen and oxygen atoms in total. The average molecular weight is 385 g/mol. The Morgan fingerprint density at radius 1 is 0.500 bits per heavy atom. The van der Waals surface area contributed by atoms with Crippen LogP contribution in [0.5, 0.6) is 0 Å². The topological polar surface area (TPSA) is 29.5 Å². The van der Waals surface area contributed by atoms with E-state index in [0.29, 0.717) is 0 Å². The van der Waals surface area contributed by atoms with Gasteiger partial charge in [-0.25, -0.2) is 0 Å². The first kappa shape index (κ1) is 22.5. The summed E-state index contributed by atoms with van der Waals surface area (Å²) in [6.45, 7) is 7.87. The summed E-state index contributed by atoms with van der Waals surface area (Å²) in [5, 5.41) is 0. The van der Waals surface area contributed by atoms with Crippen molar-refractivity contribution in [1.29, 1.82) is 0 Å². The Kier molecular flexibility index (Phi) is 13.2. The number of likely N-dealkylation sites (tertiary alicyclic amines) is 2. The average Bonchev–Trinajstić information content (AvgIpc) is 2.69. The molecule has 0 aromatic heterocycles. The van der Waals surface area contributed by atoms with Crippen molar-refractivity contribution in [2.45, 2.75) is 89.9 Å². The van der Waals surface area contributed by atoms with Gasteiger partial charge in [-0.3, -0.25) is 0 Å². The third kappa shape index (κ3) is 11.2. The molecule has 2 saturated heterocycles. The highest BCUT2D eigenvalue weighted by molar-refractivity contribution is 7.91. The molecular formula is C22H44N2OS. The van der Waals surface area contributed by atoms with Crippen LogP contribution in [0, 0.1) is 0 Å². The maximum atomic E-state index is 12.1. The van der Waals surface area contributed by atoms with Gasteiger partial charge in [0.05, 0.1) is 0 Å². The van der Waals surface area contributed by atoms with Crippen molar-refractivity contribution in [3.8, 4) is 0 Å². The normalized spacial score (nSPS) is 20.1. The van der Waals surface area contributed by atoms with Crippen LogP contribution in [0.1, 0.15) is 89.9 Å². The SMILES string of the molecule is [O-][S+](CCCCCCN1CCCCC1)CCCCCCN1CCCCC1. The van der Waals surface area contributed by atoms with Crippen LogP contribution in [-0.2, 0) is 11.2 Å². The quantitative estimate of drug-likeness (QED) is 0.317. The summed E-state index contributed by atoms with van der Waals surface area (Å²) < 4.78 is 12.1. The highest BCUT2D eigenvalue weighted by Gasteiger charge is 2.10. The van der Waals surface area contributed by atoms with Gasteiger partial charge in [0.25, 0.3) is 0 Å². The van der Waals surface area contributed by atoms with Gasteiger partial charge in [0.1, 0.15) is 11.5 Å². The Labute approximate surface area is 166 Å². The Hall–Kier alpha value is 0.230. The number of nitrogens with zero attached hydrogens (tertiary/aromatic N) is 2. The Bertz CT molecular complexity index is 287. The molecule has 4 heteroatoms. The predicted octanol–water partition coefficient (Wildman–Crippen LogP) is 4.83. The molecule has 2 aliphatic rings. The van der Waals surface area contributed by atoms with Gasteiger partial charge in [-0.1, -0.05) is 36.9 Å². The first-order chi connectivity index (χ1) is 12.8. The molecule has 2 fully saturated rings. The van der Waals surface area contributed by atoms with Gasteiger partial charge in [0, 0.05) is 0 Å².